The lowest BCUT2D eigenvalue weighted by Crippen LogP contribution is -2.37. The second-order valence-electron chi connectivity index (χ2n) is 11.7. The Labute approximate surface area is 252 Å². The molecule has 2 heteroatoms. The number of nitrogens with one attached hydrogen (secondary N) is 1. The third-order valence-electron chi connectivity index (χ3n) is 8.74. The van der Waals surface area contributed by atoms with Crippen LogP contribution in [0.2, 0.25) is 0 Å². The molecule has 0 bridgehead atoms. The van der Waals surface area contributed by atoms with Gasteiger partial charge < -0.3 is 10.2 Å². The van der Waals surface area contributed by atoms with Gasteiger partial charge >= 0.3 is 0 Å². The van der Waals surface area contributed by atoms with E-state index in [2.05, 4.69) is 116 Å². The summed E-state index contributed by atoms with van der Waals surface area (Å²) in [6.07, 6.45) is 21.1. The van der Waals surface area contributed by atoms with Gasteiger partial charge in [-0.25, -0.2) is 0 Å². The van der Waals surface area contributed by atoms with Crippen molar-refractivity contribution < 1.29 is 0 Å². The SMILES string of the molecule is C=C(NC(CC)CCCC)c1ccc(CC2CCN(CC(C3=CC=CCC=C3)c3ccccc3)CC2)c(C)c1.CC. The molecule has 2 nitrogen and oxygen atoms in total. The Morgan fingerprint density at radius 2 is 1.78 bits per heavy atom. The number of rotatable bonds is 13. The summed E-state index contributed by atoms with van der Waals surface area (Å²) >= 11 is 0. The highest BCUT2D eigenvalue weighted by Crippen LogP contribution is 2.31. The van der Waals surface area contributed by atoms with E-state index in [1.54, 1.807) is 0 Å². The quantitative estimate of drug-likeness (QED) is 0.266. The minimum atomic E-state index is 0.424. The number of hydrogen-bond acceptors (Lipinski definition) is 2. The summed E-state index contributed by atoms with van der Waals surface area (Å²) in [5.41, 5.74) is 8.08. The summed E-state index contributed by atoms with van der Waals surface area (Å²) < 4.78 is 0. The molecule has 4 rings (SSSR count). The highest BCUT2D eigenvalue weighted by atomic mass is 15.1. The molecule has 2 aromatic rings. The molecule has 0 radical (unpaired) electrons. The number of aryl methyl sites for hydroxylation is 1. The van der Waals surface area contributed by atoms with Crippen LogP contribution in [0, 0.1) is 12.8 Å². The van der Waals surface area contributed by atoms with Gasteiger partial charge in [-0.1, -0.05) is 120 Å². The molecule has 2 atom stereocenters. The number of hydrogen-bond donors (Lipinski definition) is 1. The van der Waals surface area contributed by atoms with Gasteiger partial charge in [0.1, 0.15) is 0 Å². The third kappa shape index (κ3) is 10.2. The molecular formula is C39H56N2. The monoisotopic (exact) mass is 552 g/mol. The van der Waals surface area contributed by atoms with Gasteiger partial charge in [0.2, 0.25) is 0 Å². The summed E-state index contributed by atoms with van der Waals surface area (Å²) in [6, 6.07) is 18.6. The zero-order chi connectivity index (χ0) is 29.5. The van der Waals surface area contributed by atoms with Crippen molar-refractivity contribution in [1.82, 2.24) is 10.2 Å². The van der Waals surface area contributed by atoms with Gasteiger partial charge in [-0.15, -0.1) is 0 Å². The van der Waals surface area contributed by atoms with E-state index >= 15 is 0 Å². The summed E-state index contributed by atoms with van der Waals surface area (Å²) in [4.78, 5) is 2.70. The summed E-state index contributed by atoms with van der Waals surface area (Å²) in [5.74, 6) is 1.19. The number of benzene rings is 2. The van der Waals surface area contributed by atoms with E-state index in [0.29, 0.717) is 12.0 Å². The first kappa shape index (κ1) is 32.7. The highest BCUT2D eigenvalue weighted by molar-refractivity contribution is 5.63. The number of piperidine rings is 1. The maximum atomic E-state index is 4.37. The average Bonchev–Trinajstić information content (AvgIpc) is 3.30. The van der Waals surface area contributed by atoms with E-state index in [4.69, 9.17) is 0 Å². The Bertz CT molecular complexity index is 1130. The van der Waals surface area contributed by atoms with E-state index in [0.717, 1.165) is 31.0 Å². The second kappa shape index (κ2) is 17.9. The molecule has 1 aliphatic carbocycles. The molecule has 1 aliphatic heterocycles. The maximum absolute atomic E-state index is 4.37. The smallest absolute Gasteiger partial charge is 0.0343 e. The predicted molar refractivity (Wildman–Crippen MR) is 181 cm³/mol. The van der Waals surface area contributed by atoms with E-state index in [1.165, 1.54) is 79.4 Å². The van der Waals surface area contributed by atoms with Crippen molar-refractivity contribution in [2.45, 2.75) is 97.9 Å². The zero-order valence-electron chi connectivity index (χ0n) is 26.7. The van der Waals surface area contributed by atoms with Crippen LogP contribution < -0.4 is 5.32 Å². The topological polar surface area (TPSA) is 15.3 Å². The normalized spacial score (nSPS) is 17.1. The molecule has 1 heterocycles. The summed E-state index contributed by atoms with van der Waals surface area (Å²) in [7, 11) is 0. The van der Waals surface area contributed by atoms with Crippen LogP contribution in [0.25, 0.3) is 5.70 Å². The third-order valence-corrected chi connectivity index (χ3v) is 8.74. The summed E-state index contributed by atoms with van der Waals surface area (Å²) in [6.45, 7) is 18.7. The first-order valence-corrected chi connectivity index (χ1v) is 16.4. The van der Waals surface area contributed by atoms with Crippen LogP contribution in [-0.2, 0) is 6.42 Å². The number of unbranched alkanes of at least 4 members (excludes halogenated alkanes) is 1. The van der Waals surface area contributed by atoms with Gasteiger partial charge in [0.05, 0.1) is 0 Å². The van der Waals surface area contributed by atoms with Crippen molar-refractivity contribution in [3.63, 3.8) is 0 Å². The first-order chi connectivity index (χ1) is 20.1. The number of nitrogens with zero attached hydrogens (tertiary/aromatic N) is 1. The van der Waals surface area contributed by atoms with Crippen LogP contribution in [0.1, 0.15) is 101 Å². The fourth-order valence-corrected chi connectivity index (χ4v) is 6.13. The maximum Gasteiger partial charge on any atom is 0.0343 e. The van der Waals surface area contributed by atoms with Crippen molar-refractivity contribution >= 4 is 5.70 Å². The Kier molecular flexibility index (Phi) is 14.2. The van der Waals surface area contributed by atoms with Crippen LogP contribution in [0.15, 0.2) is 91.1 Å². The summed E-state index contributed by atoms with van der Waals surface area (Å²) in [5, 5.41) is 3.69. The van der Waals surface area contributed by atoms with Crippen molar-refractivity contribution in [2.75, 3.05) is 19.6 Å². The molecule has 0 spiro atoms. The fourth-order valence-electron chi connectivity index (χ4n) is 6.13. The molecule has 2 aromatic carbocycles. The minimum absolute atomic E-state index is 0.424. The van der Waals surface area contributed by atoms with E-state index < -0.39 is 0 Å². The number of likely N-dealkylation sites (tertiary alicyclic amines) is 1. The van der Waals surface area contributed by atoms with Gasteiger partial charge in [0, 0.05) is 24.2 Å². The van der Waals surface area contributed by atoms with E-state index in [1.807, 2.05) is 13.8 Å². The molecule has 0 amide bonds. The van der Waals surface area contributed by atoms with Gasteiger partial charge in [-0.2, -0.15) is 0 Å². The lowest BCUT2D eigenvalue weighted by Gasteiger charge is -2.35. The molecule has 1 N–H and O–H groups in total. The zero-order valence-corrected chi connectivity index (χ0v) is 26.7. The average molecular weight is 553 g/mol. The van der Waals surface area contributed by atoms with Crippen molar-refractivity contribution in [3.8, 4) is 0 Å². The van der Waals surface area contributed by atoms with Crippen molar-refractivity contribution in [3.05, 3.63) is 113 Å². The first-order valence-electron chi connectivity index (χ1n) is 16.4. The molecule has 222 valence electrons. The predicted octanol–water partition coefficient (Wildman–Crippen LogP) is 10.0. The second-order valence-corrected chi connectivity index (χ2v) is 11.7. The van der Waals surface area contributed by atoms with Crippen LogP contribution >= 0.6 is 0 Å². The molecule has 2 unspecified atom stereocenters. The molecule has 41 heavy (non-hydrogen) atoms. The molecule has 0 saturated carbocycles. The fraction of sp³-hybridized carbons (Fsp3) is 0.487. The van der Waals surface area contributed by atoms with E-state index in [-0.39, 0.29) is 0 Å². The van der Waals surface area contributed by atoms with Gasteiger partial charge in [0.25, 0.3) is 0 Å². The molecule has 0 aromatic heterocycles. The lowest BCUT2D eigenvalue weighted by atomic mass is 9.86. The molecular weight excluding hydrogens is 496 g/mol. The van der Waals surface area contributed by atoms with Gasteiger partial charge in [0.15, 0.2) is 0 Å². The Hall–Kier alpha value is -2.84. The largest absolute Gasteiger partial charge is 0.382 e. The van der Waals surface area contributed by atoms with Crippen LogP contribution in [0.3, 0.4) is 0 Å². The lowest BCUT2D eigenvalue weighted by molar-refractivity contribution is 0.179. The molecule has 1 fully saturated rings. The van der Waals surface area contributed by atoms with Crippen molar-refractivity contribution in [1.29, 1.82) is 0 Å². The van der Waals surface area contributed by atoms with Crippen molar-refractivity contribution in [2.24, 2.45) is 5.92 Å². The Morgan fingerprint density at radius 1 is 1.02 bits per heavy atom. The standard InChI is InChI=1S/C37H50N2.C2H6/c1-5-7-19-36(6-2)38-30(4)35-21-20-34(29(3)26-35)27-31-22-24-39(25-23-31)28-37(33-17-13-10-14-18-33)32-15-11-8-9-12-16-32;1-2/h8,10-18,20-21,26,31,36-38H,4-7,9,19,22-25,27-28H2,1-3H3;1-2H3. The molecule has 1 saturated heterocycles. The van der Waals surface area contributed by atoms with E-state index in [9.17, 15) is 0 Å². The van der Waals surface area contributed by atoms with Crippen LogP contribution in [-0.4, -0.2) is 30.6 Å². The van der Waals surface area contributed by atoms with Gasteiger partial charge in [-0.05, 0) is 98.3 Å². The highest BCUT2D eigenvalue weighted by Gasteiger charge is 2.24. The van der Waals surface area contributed by atoms with Crippen LogP contribution in [0.4, 0.5) is 0 Å². The minimum Gasteiger partial charge on any atom is -0.382 e. The number of allylic oxidation sites excluding steroid dienone is 5. The molecule has 2 aliphatic rings. The Balaban J connectivity index is 0.00000226. The Morgan fingerprint density at radius 3 is 2.46 bits per heavy atom. The van der Waals surface area contributed by atoms with Gasteiger partial charge in [-0.3, -0.25) is 0 Å². The van der Waals surface area contributed by atoms with Crippen LogP contribution in [0.5, 0.6) is 0 Å².